The number of ketones is 1. The van der Waals surface area contributed by atoms with Crippen LogP contribution >= 0.6 is 23.2 Å². The molecular formula is C35H34Cl2F3N5O3. The summed E-state index contributed by atoms with van der Waals surface area (Å²) in [6, 6.07) is 11.4. The number of Topliss-reactive ketones (excluding diaryl/α,β-unsaturated/α-hetero) is 1. The fraction of sp³-hybridized carbons (Fsp3) is 0.371. The molecule has 0 spiro atoms. The average Bonchev–Trinajstić information content (AvgIpc) is 3.04. The fourth-order valence-electron chi connectivity index (χ4n) is 6.31. The number of benzene rings is 2. The number of likely N-dealkylation sites (tertiary alicyclic amines) is 1. The molecule has 48 heavy (non-hydrogen) atoms. The summed E-state index contributed by atoms with van der Waals surface area (Å²) in [5, 5.41) is 10.2. The van der Waals surface area contributed by atoms with Crippen molar-refractivity contribution in [1.29, 1.82) is 0 Å². The highest BCUT2D eigenvalue weighted by atomic mass is 35.5. The minimum Gasteiger partial charge on any atom is -0.480 e. The largest absolute Gasteiger partial charge is 0.480 e. The number of aliphatic hydroxyl groups is 1. The van der Waals surface area contributed by atoms with Crippen LogP contribution in [0.3, 0.4) is 0 Å². The van der Waals surface area contributed by atoms with E-state index in [1.807, 2.05) is 11.8 Å². The van der Waals surface area contributed by atoms with Gasteiger partial charge in [0.25, 0.3) is 0 Å². The van der Waals surface area contributed by atoms with Crippen molar-refractivity contribution in [2.45, 2.75) is 51.6 Å². The molecule has 2 aromatic carbocycles. The standard InChI is InChI=1S/C35H34Cl2F3N5O3/c1-3-11-44-12-10-24-26(35(38,39)40)14-27(42-29(24)18-44)31(47)13-20-6-4-7-22(32(20)36)23-8-5-9-25(33(23)37)28-15-41-30(34(43-28)48-2)19-45-16-21(46)17-45/h4-9,14-15,21,46H,3,10-13,16-19H2,1-2H3. The molecule has 8 nitrogen and oxygen atoms in total. The average molecular weight is 701 g/mol. The van der Waals surface area contributed by atoms with Gasteiger partial charge in [-0.3, -0.25) is 19.6 Å². The van der Waals surface area contributed by atoms with Gasteiger partial charge in [0.05, 0.1) is 46.4 Å². The van der Waals surface area contributed by atoms with E-state index in [0.717, 1.165) is 19.0 Å². The third kappa shape index (κ3) is 7.06. The smallest absolute Gasteiger partial charge is 0.416 e. The molecule has 2 aliphatic heterocycles. The van der Waals surface area contributed by atoms with E-state index < -0.39 is 17.5 Å². The maximum Gasteiger partial charge on any atom is 0.416 e. The van der Waals surface area contributed by atoms with Gasteiger partial charge in [0, 0.05) is 55.8 Å². The van der Waals surface area contributed by atoms with Crippen molar-refractivity contribution >= 4 is 29.0 Å². The minimum atomic E-state index is -4.61. The van der Waals surface area contributed by atoms with Crippen LogP contribution in [-0.4, -0.2) is 75.0 Å². The second kappa shape index (κ2) is 14.1. The molecule has 0 unspecified atom stereocenters. The van der Waals surface area contributed by atoms with Gasteiger partial charge in [-0.25, -0.2) is 9.97 Å². The molecule has 1 saturated heterocycles. The molecule has 0 aliphatic carbocycles. The van der Waals surface area contributed by atoms with Crippen molar-refractivity contribution in [2.24, 2.45) is 0 Å². The first kappa shape index (κ1) is 34.3. The van der Waals surface area contributed by atoms with Crippen LogP contribution in [-0.2, 0) is 32.1 Å². The van der Waals surface area contributed by atoms with Gasteiger partial charge in [-0.1, -0.05) is 66.5 Å². The van der Waals surface area contributed by atoms with Crippen LogP contribution < -0.4 is 4.74 Å². The van der Waals surface area contributed by atoms with Crippen LogP contribution in [0.25, 0.3) is 22.4 Å². The van der Waals surface area contributed by atoms with Crippen LogP contribution in [0.5, 0.6) is 5.88 Å². The zero-order valence-electron chi connectivity index (χ0n) is 26.4. The number of nitrogens with zero attached hydrogens (tertiary/aromatic N) is 5. The summed E-state index contributed by atoms with van der Waals surface area (Å²) in [6.07, 6.45) is -2.50. The molecule has 0 saturated carbocycles. The second-order valence-corrected chi connectivity index (χ2v) is 12.9. The quantitative estimate of drug-likeness (QED) is 0.179. The Morgan fingerprint density at radius 2 is 1.75 bits per heavy atom. The first-order valence-electron chi connectivity index (χ1n) is 15.7. The highest BCUT2D eigenvalue weighted by Gasteiger charge is 2.37. The number of aliphatic hydroxyl groups excluding tert-OH is 1. The van der Waals surface area contributed by atoms with Gasteiger partial charge in [-0.15, -0.1) is 0 Å². The van der Waals surface area contributed by atoms with E-state index in [4.69, 9.17) is 27.9 Å². The molecule has 0 amide bonds. The molecule has 2 aromatic heterocycles. The van der Waals surface area contributed by atoms with Gasteiger partial charge < -0.3 is 9.84 Å². The number of alkyl halides is 3. The first-order chi connectivity index (χ1) is 23.0. The van der Waals surface area contributed by atoms with E-state index in [2.05, 4.69) is 19.9 Å². The molecule has 6 rings (SSSR count). The number of methoxy groups -OCH3 is 1. The number of halogens is 5. The zero-order chi connectivity index (χ0) is 34.2. The Labute approximate surface area is 286 Å². The summed E-state index contributed by atoms with van der Waals surface area (Å²) < 4.78 is 47.9. The van der Waals surface area contributed by atoms with E-state index in [-0.39, 0.29) is 41.8 Å². The summed E-state index contributed by atoms with van der Waals surface area (Å²) in [5.74, 6) is -0.221. The van der Waals surface area contributed by atoms with Gasteiger partial charge in [0.2, 0.25) is 5.88 Å². The first-order valence-corrected chi connectivity index (χ1v) is 16.4. The van der Waals surface area contributed by atoms with E-state index >= 15 is 0 Å². The minimum absolute atomic E-state index is 0.161. The van der Waals surface area contributed by atoms with Crippen molar-refractivity contribution in [2.75, 3.05) is 33.3 Å². The number of fused-ring (bicyclic) bond motifs is 1. The van der Waals surface area contributed by atoms with E-state index in [0.29, 0.717) is 76.4 Å². The van der Waals surface area contributed by atoms with Crippen molar-refractivity contribution in [3.63, 3.8) is 0 Å². The third-order valence-electron chi connectivity index (χ3n) is 8.70. The van der Waals surface area contributed by atoms with Crippen molar-refractivity contribution < 1.29 is 27.8 Å². The summed E-state index contributed by atoms with van der Waals surface area (Å²) in [6.45, 7) is 5.13. The second-order valence-electron chi connectivity index (χ2n) is 12.1. The van der Waals surface area contributed by atoms with E-state index in [1.54, 1.807) is 42.6 Å². The van der Waals surface area contributed by atoms with Crippen molar-refractivity contribution in [1.82, 2.24) is 24.8 Å². The molecule has 13 heteroatoms. The summed E-state index contributed by atoms with van der Waals surface area (Å²) in [5.41, 5.74) is 2.67. The summed E-state index contributed by atoms with van der Waals surface area (Å²) in [7, 11) is 1.51. The lowest BCUT2D eigenvalue weighted by molar-refractivity contribution is -0.138. The Morgan fingerprint density at radius 3 is 2.44 bits per heavy atom. The molecule has 1 fully saturated rings. The molecule has 4 aromatic rings. The molecule has 0 bridgehead atoms. The number of ether oxygens (including phenoxy) is 1. The van der Waals surface area contributed by atoms with E-state index in [9.17, 15) is 23.1 Å². The van der Waals surface area contributed by atoms with Crippen LogP contribution in [0, 0.1) is 0 Å². The number of β-amino-alcohol motifs (C(OH)–C–C–N with tert-alkyl or cyclic N) is 1. The highest BCUT2D eigenvalue weighted by molar-refractivity contribution is 6.38. The van der Waals surface area contributed by atoms with Gasteiger partial charge in [0.1, 0.15) is 11.4 Å². The predicted octanol–water partition coefficient (Wildman–Crippen LogP) is 6.91. The molecular weight excluding hydrogens is 666 g/mol. The Kier molecular flexibility index (Phi) is 10.1. The van der Waals surface area contributed by atoms with Gasteiger partial charge >= 0.3 is 6.18 Å². The zero-order valence-corrected chi connectivity index (χ0v) is 28.0. The van der Waals surface area contributed by atoms with Crippen molar-refractivity contribution in [3.05, 3.63) is 92.5 Å². The number of hydrogen-bond donors (Lipinski definition) is 1. The number of carbonyl (C=O) groups is 1. The number of carbonyl (C=O) groups excluding carboxylic acids is 1. The monoisotopic (exact) mass is 699 g/mol. The molecule has 4 heterocycles. The molecule has 0 radical (unpaired) electrons. The molecule has 0 atom stereocenters. The Bertz CT molecular complexity index is 1850. The lowest BCUT2D eigenvalue weighted by atomic mass is 9.95. The maximum absolute atomic E-state index is 14.1. The highest BCUT2D eigenvalue weighted by Crippen LogP contribution is 2.41. The third-order valence-corrected chi connectivity index (χ3v) is 9.56. The lowest BCUT2D eigenvalue weighted by Crippen LogP contribution is -2.50. The molecule has 1 N–H and O–H groups in total. The lowest BCUT2D eigenvalue weighted by Gasteiger charge is -2.35. The van der Waals surface area contributed by atoms with Gasteiger partial charge in [-0.05, 0) is 36.6 Å². The van der Waals surface area contributed by atoms with Crippen LogP contribution in [0.1, 0.15) is 51.9 Å². The molecule has 252 valence electrons. The summed E-state index contributed by atoms with van der Waals surface area (Å²) >= 11 is 13.8. The Morgan fingerprint density at radius 1 is 1.04 bits per heavy atom. The number of hydrogen-bond acceptors (Lipinski definition) is 8. The van der Waals surface area contributed by atoms with Crippen LogP contribution in [0.2, 0.25) is 10.0 Å². The SMILES string of the molecule is CCCN1CCc2c(C(F)(F)F)cc(C(=O)Cc3cccc(-c4cccc(-c5cnc(CN6CC(O)C6)c(OC)n5)c4Cl)c3Cl)nc2C1. The number of pyridine rings is 1. The number of aromatic nitrogens is 3. The summed E-state index contributed by atoms with van der Waals surface area (Å²) in [4.78, 5) is 31.2. The van der Waals surface area contributed by atoms with Gasteiger partial charge in [-0.2, -0.15) is 13.2 Å². The molecule has 2 aliphatic rings. The normalized spacial score (nSPS) is 15.7. The van der Waals surface area contributed by atoms with Gasteiger partial charge in [0.15, 0.2) is 5.78 Å². The predicted molar refractivity (Wildman–Crippen MR) is 177 cm³/mol. The number of rotatable bonds is 10. The fourth-order valence-corrected chi connectivity index (χ4v) is 6.92. The Hall–Kier alpha value is -3.61. The Balaban J connectivity index is 1.28. The van der Waals surface area contributed by atoms with Crippen LogP contribution in [0.4, 0.5) is 13.2 Å². The van der Waals surface area contributed by atoms with E-state index in [1.165, 1.54) is 7.11 Å². The van der Waals surface area contributed by atoms with Crippen LogP contribution in [0.15, 0.2) is 48.7 Å². The topological polar surface area (TPSA) is 91.7 Å². The van der Waals surface area contributed by atoms with Crippen molar-refractivity contribution in [3.8, 4) is 28.3 Å². The maximum atomic E-state index is 14.1.